The van der Waals surface area contributed by atoms with E-state index in [2.05, 4.69) is 5.32 Å². The van der Waals surface area contributed by atoms with E-state index in [1.807, 2.05) is 0 Å². The maximum absolute atomic E-state index is 12.4. The second-order valence-electron chi connectivity index (χ2n) is 6.73. The van der Waals surface area contributed by atoms with E-state index >= 15 is 0 Å². The predicted molar refractivity (Wildman–Crippen MR) is 113 cm³/mol. The quantitative estimate of drug-likeness (QED) is 0.697. The van der Waals surface area contributed by atoms with Gasteiger partial charge < -0.3 is 19.7 Å². The van der Waals surface area contributed by atoms with E-state index in [1.165, 1.54) is 0 Å². The molecule has 0 aliphatic carbocycles. The van der Waals surface area contributed by atoms with Crippen LogP contribution in [-0.2, 0) is 9.59 Å². The first-order chi connectivity index (χ1) is 13.9. The van der Waals surface area contributed by atoms with Crippen molar-refractivity contribution in [3.05, 3.63) is 52.5 Å². The average molecular weight is 437 g/mol. The first-order valence-electron chi connectivity index (χ1n) is 9.35. The smallest absolute Gasteiger partial charge is 0.265 e. The molecule has 0 spiro atoms. The van der Waals surface area contributed by atoms with Gasteiger partial charge in [0.25, 0.3) is 11.8 Å². The highest BCUT2D eigenvalue weighted by Crippen LogP contribution is 2.28. The van der Waals surface area contributed by atoms with Crippen LogP contribution in [0.1, 0.15) is 19.8 Å². The van der Waals surface area contributed by atoms with Crippen molar-refractivity contribution >= 4 is 40.7 Å². The summed E-state index contributed by atoms with van der Waals surface area (Å²) in [4.78, 5) is 26.3. The minimum atomic E-state index is -0.782. The summed E-state index contributed by atoms with van der Waals surface area (Å²) in [5.41, 5.74) is 0.541. The lowest BCUT2D eigenvalue weighted by molar-refractivity contribution is -0.132. The second-order valence-corrected chi connectivity index (χ2v) is 7.57. The monoisotopic (exact) mass is 436 g/mol. The number of amides is 2. The Morgan fingerprint density at radius 1 is 1.14 bits per heavy atom. The standard InChI is InChI=1S/C21H22Cl2N2O4/c1-14(29-19-8-7-15(22)11-18(19)23)21(27)24-16-5-4-6-17(12-16)28-13-20(26)25-9-2-3-10-25/h4-8,11-12,14H,2-3,9-10,13H2,1H3,(H,24,27). The molecule has 0 radical (unpaired) electrons. The van der Waals surface area contributed by atoms with E-state index < -0.39 is 6.10 Å². The summed E-state index contributed by atoms with van der Waals surface area (Å²) < 4.78 is 11.2. The first-order valence-corrected chi connectivity index (χ1v) is 10.1. The van der Waals surface area contributed by atoms with E-state index in [0.29, 0.717) is 27.2 Å². The molecule has 1 heterocycles. The molecule has 1 aliphatic rings. The van der Waals surface area contributed by atoms with Crippen LogP contribution in [0.5, 0.6) is 11.5 Å². The number of carbonyl (C=O) groups excluding carboxylic acids is 2. The molecule has 1 aliphatic heterocycles. The highest BCUT2D eigenvalue weighted by atomic mass is 35.5. The fourth-order valence-electron chi connectivity index (χ4n) is 2.93. The average Bonchev–Trinajstić information content (AvgIpc) is 3.23. The molecule has 0 saturated carbocycles. The van der Waals surface area contributed by atoms with Crippen LogP contribution in [0.2, 0.25) is 10.0 Å². The zero-order chi connectivity index (χ0) is 20.8. The normalized spacial score (nSPS) is 14.4. The zero-order valence-electron chi connectivity index (χ0n) is 16.0. The fourth-order valence-corrected chi connectivity index (χ4v) is 3.38. The van der Waals surface area contributed by atoms with Crippen molar-refractivity contribution in [2.45, 2.75) is 25.9 Å². The molecule has 8 heteroatoms. The van der Waals surface area contributed by atoms with Gasteiger partial charge in [-0.1, -0.05) is 29.3 Å². The maximum atomic E-state index is 12.4. The molecule has 2 amide bonds. The van der Waals surface area contributed by atoms with Crippen LogP contribution in [0.4, 0.5) is 5.69 Å². The Hall–Kier alpha value is -2.44. The lowest BCUT2D eigenvalue weighted by atomic mass is 10.2. The molecule has 29 heavy (non-hydrogen) atoms. The summed E-state index contributed by atoms with van der Waals surface area (Å²) in [6, 6.07) is 11.7. The van der Waals surface area contributed by atoms with Crippen LogP contribution in [0.15, 0.2) is 42.5 Å². The van der Waals surface area contributed by atoms with E-state index in [-0.39, 0.29) is 18.4 Å². The van der Waals surface area contributed by atoms with E-state index in [0.717, 1.165) is 25.9 Å². The first kappa shape index (κ1) is 21.3. The van der Waals surface area contributed by atoms with Gasteiger partial charge in [0, 0.05) is 29.9 Å². The Balaban J connectivity index is 1.54. The number of halogens is 2. The van der Waals surface area contributed by atoms with Crippen LogP contribution in [-0.4, -0.2) is 42.5 Å². The summed E-state index contributed by atoms with van der Waals surface area (Å²) in [7, 11) is 0. The highest BCUT2D eigenvalue weighted by molar-refractivity contribution is 6.35. The summed E-state index contributed by atoms with van der Waals surface area (Å²) in [6.07, 6.45) is 1.29. The molecule has 2 aromatic rings. The molecule has 1 saturated heterocycles. The van der Waals surface area contributed by atoms with Gasteiger partial charge in [0.15, 0.2) is 12.7 Å². The third-order valence-corrected chi connectivity index (χ3v) is 5.02. The topological polar surface area (TPSA) is 67.9 Å². The van der Waals surface area contributed by atoms with Crippen LogP contribution in [0.25, 0.3) is 0 Å². The number of hydrogen-bond donors (Lipinski definition) is 1. The van der Waals surface area contributed by atoms with Crippen molar-refractivity contribution < 1.29 is 19.1 Å². The Morgan fingerprint density at radius 3 is 2.62 bits per heavy atom. The fraction of sp³-hybridized carbons (Fsp3) is 0.333. The van der Waals surface area contributed by atoms with Crippen LogP contribution in [0.3, 0.4) is 0 Å². The van der Waals surface area contributed by atoms with Gasteiger partial charge in [-0.05, 0) is 50.1 Å². The van der Waals surface area contributed by atoms with Gasteiger partial charge in [0.2, 0.25) is 0 Å². The predicted octanol–water partition coefficient (Wildman–Crippen LogP) is 4.40. The third-order valence-electron chi connectivity index (χ3n) is 4.49. The molecule has 0 bridgehead atoms. The Kier molecular flexibility index (Phi) is 7.23. The number of nitrogens with one attached hydrogen (secondary N) is 1. The van der Waals surface area contributed by atoms with E-state index in [1.54, 1.807) is 54.3 Å². The lowest BCUT2D eigenvalue weighted by Crippen LogP contribution is -2.32. The summed E-state index contributed by atoms with van der Waals surface area (Å²) >= 11 is 11.9. The van der Waals surface area contributed by atoms with E-state index in [4.69, 9.17) is 32.7 Å². The van der Waals surface area contributed by atoms with Gasteiger partial charge in [-0.25, -0.2) is 0 Å². The van der Waals surface area contributed by atoms with E-state index in [9.17, 15) is 9.59 Å². The molecule has 6 nitrogen and oxygen atoms in total. The number of benzene rings is 2. The SMILES string of the molecule is CC(Oc1ccc(Cl)cc1Cl)C(=O)Nc1cccc(OCC(=O)N2CCCC2)c1. The van der Waals surface area contributed by atoms with Crippen LogP contribution in [0, 0.1) is 0 Å². The molecular formula is C21H22Cl2N2O4. The summed E-state index contributed by atoms with van der Waals surface area (Å²) in [6.45, 7) is 3.17. The Bertz CT molecular complexity index is 885. The summed E-state index contributed by atoms with van der Waals surface area (Å²) in [5.74, 6) is 0.501. The maximum Gasteiger partial charge on any atom is 0.265 e. The van der Waals surface area contributed by atoms with Crippen LogP contribution < -0.4 is 14.8 Å². The Labute approximate surface area is 179 Å². The third kappa shape index (κ3) is 6.02. The number of carbonyl (C=O) groups is 2. The van der Waals surface area contributed by atoms with Gasteiger partial charge in [0.05, 0.1) is 5.02 Å². The van der Waals surface area contributed by atoms with Gasteiger partial charge in [0.1, 0.15) is 11.5 Å². The Morgan fingerprint density at radius 2 is 1.90 bits per heavy atom. The molecule has 1 fully saturated rings. The van der Waals surface area contributed by atoms with Gasteiger partial charge in [-0.3, -0.25) is 9.59 Å². The minimum absolute atomic E-state index is 0.0218. The van der Waals surface area contributed by atoms with Crippen molar-refractivity contribution in [1.82, 2.24) is 4.90 Å². The zero-order valence-corrected chi connectivity index (χ0v) is 17.5. The number of anilines is 1. The lowest BCUT2D eigenvalue weighted by Gasteiger charge is -2.17. The number of ether oxygens (including phenoxy) is 2. The van der Waals surface area contributed by atoms with Crippen LogP contribution >= 0.6 is 23.2 Å². The molecule has 0 aromatic heterocycles. The van der Waals surface area contributed by atoms with Crippen molar-refractivity contribution in [3.63, 3.8) is 0 Å². The molecule has 1 unspecified atom stereocenters. The van der Waals surface area contributed by atoms with Gasteiger partial charge in [-0.2, -0.15) is 0 Å². The van der Waals surface area contributed by atoms with Crippen molar-refractivity contribution in [2.24, 2.45) is 0 Å². The number of rotatable bonds is 7. The molecule has 1 atom stereocenters. The largest absolute Gasteiger partial charge is 0.484 e. The van der Waals surface area contributed by atoms with Gasteiger partial charge >= 0.3 is 0 Å². The molecule has 1 N–H and O–H groups in total. The van der Waals surface area contributed by atoms with Gasteiger partial charge in [-0.15, -0.1) is 0 Å². The summed E-state index contributed by atoms with van der Waals surface area (Å²) in [5, 5.41) is 3.58. The molecule has 154 valence electrons. The molecular weight excluding hydrogens is 415 g/mol. The number of likely N-dealkylation sites (tertiary alicyclic amines) is 1. The number of nitrogens with zero attached hydrogens (tertiary/aromatic N) is 1. The van der Waals surface area contributed by atoms with Crippen molar-refractivity contribution in [1.29, 1.82) is 0 Å². The van der Waals surface area contributed by atoms with Crippen molar-refractivity contribution in [2.75, 3.05) is 25.0 Å². The second kappa shape index (κ2) is 9.85. The molecule has 3 rings (SSSR count). The highest BCUT2D eigenvalue weighted by Gasteiger charge is 2.19. The number of hydrogen-bond acceptors (Lipinski definition) is 4. The molecule has 2 aromatic carbocycles. The minimum Gasteiger partial charge on any atom is -0.484 e. The van der Waals surface area contributed by atoms with Crippen molar-refractivity contribution in [3.8, 4) is 11.5 Å².